The van der Waals surface area contributed by atoms with Crippen LogP contribution in [0.3, 0.4) is 0 Å². The maximum absolute atomic E-state index is 12.9. The lowest BCUT2D eigenvalue weighted by molar-refractivity contribution is -0.126. The van der Waals surface area contributed by atoms with Gasteiger partial charge >= 0.3 is 0 Å². The lowest BCUT2D eigenvalue weighted by atomic mass is 10.2. The van der Waals surface area contributed by atoms with Gasteiger partial charge in [-0.15, -0.1) is 0 Å². The van der Waals surface area contributed by atoms with Gasteiger partial charge < -0.3 is 10.1 Å². The van der Waals surface area contributed by atoms with Crippen molar-refractivity contribution in [2.75, 3.05) is 7.05 Å². The second-order valence-corrected chi connectivity index (χ2v) is 3.29. The van der Waals surface area contributed by atoms with Crippen molar-refractivity contribution < 1.29 is 13.9 Å². The van der Waals surface area contributed by atoms with Crippen molar-refractivity contribution in [2.45, 2.75) is 20.0 Å². The molecule has 3 nitrogen and oxygen atoms in total. The molecule has 1 aromatic rings. The number of nitrogens with one attached hydrogen (secondary N) is 1. The molecular formula is C11H14FNO2. The predicted octanol–water partition coefficient (Wildman–Crippen LogP) is 1.65. The van der Waals surface area contributed by atoms with Gasteiger partial charge in [-0.3, -0.25) is 4.79 Å². The summed E-state index contributed by atoms with van der Waals surface area (Å²) < 4.78 is 18.3. The topological polar surface area (TPSA) is 38.3 Å². The fourth-order valence-electron chi connectivity index (χ4n) is 1.15. The van der Waals surface area contributed by atoms with E-state index in [0.29, 0.717) is 11.3 Å². The van der Waals surface area contributed by atoms with Crippen molar-refractivity contribution in [1.82, 2.24) is 5.32 Å². The van der Waals surface area contributed by atoms with Crippen LogP contribution in [0.5, 0.6) is 5.75 Å². The van der Waals surface area contributed by atoms with E-state index in [1.807, 2.05) is 0 Å². The van der Waals surface area contributed by atoms with Gasteiger partial charge in [0, 0.05) is 7.05 Å². The van der Waals surface area contributed by atoms with Gasteiger partial charge in [0.05, 0.1) is 0 Å². The molecule has 0 spiro atoms. The molecule has 1 N–H and O–H groups in total. The van der Waals surface area contributed by atoms with Crippen LogP contribution in [-0.4, -0.2) is 19.1 Å². The summed E-state index contributed by atoms with van der Waals surface area (Å²) in [5, 5.41) is 2.47. The van der Waals surface area contributed by atoms with Crippen LogP contribution in [0.2, 0.25) is 0 Å². The van der Waals surface area contributed by atoms with E-state index in [1.165, 1.54) is 19.2 Å². The minimum atomic E-state index is -0.583. The maximum atomic E-state index is 12.9. The van der Waals surface area contributed by atoms with Crippen molar-refractivity contribution in [2.24, 2.45) is 0 Å². The van der Waals surface area contributed by atoms with Gasteiger partial charge in [0.25, 0.3) is 5.91 Å². The molecule has 0 aliphatic carbocycles. The maximum Gasteiger partial charge on any atom is 0.260 e. The minimum absolute atomic E-state index is 0.211. The quantitative estimate of drug-likeness (QED) is 0.825. The Bertz CT molecular complexity index is 366. The molecule has 1 unspecified atom stereocenters. The number of likely N-dealkylation sites (N-methyl/N-ethyl adjacent to an activating group) is 1. The smallest absolute Gasteiger partial charge is 0.260 e. The average molecular weight is 211 g/mol. The Morgan fingerprint density at radius 2 is 2.20 bits per heavy atom. The van der Waals surface area contributed by atoms with Gasteiger partial charge in [-0.2, -0.15) is 0 Å². The molecule has 0 aliphatic heterocycles. The fraction of sp³-hybridized carbons (Fsp3) is 0.364. The van der Waals surface area contributed by atoms with Gasteiger partial charge in [0.1, 0.15) is 11.6 Å². The molecule has 0 saturated heterocycles. The molecule has 0 aromatic heterocycles. The van der Waals surface area contributed by atoms with E-state index in [9.17, 15) is 9.18 Å². The van der Waals surface area contributed by atoms with Gasteiger partial charge in [-0.1, -0.05) is 0 Å². The van der Waals surface area contributed by atoms with Crippen LogP contribution in [0.1, 0.15) is 12.5 Å². The molecule has 0 aliphatic rings. The third-order valence-corrected chi connectivity index (χ3v) is 2.06. The van der Waals surface area contributed by atoms with E-state index in [0.717, 1.165) is 0 Å². The van der Waals surface area contributed by atoms with E-state index in [1.54, 1.807) is 19.9 Å². The van der Waals surface area contributed by atoms with Crippen LogP contribution in [0, 0.1) is 12.7 Å². The number of carbonyl (C=O) groups excluding carboxylic acids is 1. The molecule has 0 saturated carbocycles. The Kier molecular flexibility index (Phi) is 3.66. The second-order valence-electron chi connectivity index (χ2n) is 3.29. The van der Waals surface area contributed by atoms with Crippen LogP contribution in [0.15, 0.2) is 18.2 Å². The van der Waals surface area contributed by atoms with Crippen molar-refractivity contribution in [3.8, 4) is 5.75 Å². The van der Waals surface area contributed by atoms with Crippen LogP contribution in [0.25, 0.3) is 0 Å². The summed E-state index contributed by atoms with van der Waals surface area (Å²) in [5.74, 6) is -0.00285. The van der Waals surface area contributed by atoms with Crippen molar-refractivity contribution in [3.05, 3.63) is 29.6 Å². The van der Waals surface area contributed by atoms with Crippen molar-refractivity contribution >= 4 is 5.91 Å². The van der Waals surface area contributed by atoms with Crippen LogP contribution >= 0.6 is 0 Å². The number of ether oxygens (including phenoxy) is 1. The van der Waals surface area contributed by atoms with Gasteiger partial charge in [-0.05, 0) is 37.6 Å². The molecule has 4 heteroatoms. The number of carbonyl (C=O) groups is 1. The summed E-state index contributed by atoms with van der Waals surface area (Å²) in [6.45, 7) is 3.28. The molecule has 82 valence electrons. The molecule has 0 fully saturated rings. The van der Waals surface area contributed by atoms with E-state index < -0.39 is 6.10 Å². The zero-order valence-corrected chi connectivity index (χ0v) is 9.00. The Morgan fingerprint density at radius 3 is 2.73 bits per heavy atom. The highest BCUT2D eigenvalue weighted by Gasteiger charge is 2.12. The summed E-state index contributed by atoms with van der Waals surface area (Å²) >= 11 is 0. The predicted molar refractivity (Wildman–Crippen MR) is 55.3 cm³/mol. The molecule has 1 atom stereocenters. The standard InChI is InChI=1S/C11H14FNO2/c1-7-6-9(4-5-10(7)12)15-8(2)11(14)13-3/h4-6,8H,1-3H3,(H,13,14). The first-order valence-electron chi connectivity index (χ1n) is 4.69. The molecule has 15 heavy (non-hydrogen) atoms. The summed E-state index contributed by atoms with van der Waals surface area (Å²) in [6, 6.07) is 4.39. The van der Waals surface area contributed by atoms with Gasteiger partial charge in [-0.25, -0.2) is 4.39 Å². The minimum Gasteiger partial charge on any atom is -0.481 e. The largest absolute Gasteiger partial charge is 0.481 e. The molecule has 1 rings (SSSR count). The molecule has 0 heterocycles. The summed E-state index contributed by atoms with van der Waals surface area (Å²) in [5.41, 5.74) is 0.497. The number of hydrogen-bond acceptors (Lipinski definition) is 2. The molecule has 0 radical (unpaired) electrons. The highest BCUT2D eigenvalue weighted by Crippen LogP contribution is 2.17. The number of halogens is 1. The summed E-state index contributed by atoms with van der Waals surface area (Å²) in [4.78, 5) is 11.2. The van der Waals surface area contributed by atoms with Crippen LogP contribution in [-0.2, 0) is 4.79 Å². The lowest BCUT2D eigenvalue weighted by Crippen LogP contribution is -2.33. The Balaban J connectivity index is 2.73. The zero-order chi connectivity index (χ0) is 11.4. The number of aryl methyl sites for hydroxylation is 1. The van der Waals surface area contributed by atoms with Crippen molar-refractivity contribution in [3.63, 3.8) is 0 Å². The Labute approximate surface area is 88.2 Å². The number of hydrogen-bond donors (Lipinski definition) is 1. The van der Waals surface area contributed by atoms with E-state index in [-0.39, 0.29) is 11.7 Å². The number of rotatable bonds is 3. The summed E-state index contributed by atoms with van der Waals surface area (Å²) in [7, 11) is 1.54. The van der Waals surface area contributed by atoms with Gasteiger partial charge in [0.15, 0.2) is 6.10 Å². The van der Waals surface area contributed by atoms with E-state index in [4.69, 9.17) is 4.74 Å². The van der Waals surface area contributed by atoms with Crippen LogP contribution in [0.4, 0.5) is 4.39 Å². The normalized spacial score (nSPS) is 12.0. The zero-order valence-electron chi connectivity index (χ0n) is 9.00. The third-order valence-electron chi connectivity index (χ3n) is 2.06. The van der Waals surface area contributed by atoms with Crippen molar-refractivity contribution in [1.29, 1.82) is 0 Å². The second kappa shape index (κ2) is 4.77. The third kappa shape index (κ3) is 2.94. The lowest BCUT2D eigenvalue weighted by Gasteiger charge is -2.13. The first-order chi connectivity index (χ1) is 7.04. The van der Waals surface area contributed by atoms with Gasteiger partial charge in [0.2, 0.25) is 0 Å². The van der Waals surface area contributed by atoms with Crippen LogP contribution < -0.4 is 10.1 Å². The first-order valence-corrected chi connectivity index (χ1v) is 4.69. The SMILES string of the molecule is CNC(=O)C(C)Oc1ccc(F)c(C)c1. The molecule has 0 bridgehead atoms. The monoisotopic (exact) mass is 211 g/mol. The molecular weight excluding hydrogens is 197 g/mol. The Hall–Kier alpha value is -1.58. The fourth-order valence-corrected chi connectivity index (χ4v) is 1.15. The molecule has 1 aromatic carbocycles. The van der Waals surface area contributed by atoms with E-state index in [2.05, 4.69) is 5.32 Å². The average Bonchev–Trinajstić information content (AvgIpc) is 2.22. The molecule has 1 amide bonds. The number of amides is 1. The summed E-state index contributed by atoms with van der Waals surface area (Å²) in [6.07, 6.45) is -0.583. The highest BCUT2D eigenvalue weighted by molar-refractivity contribution is 5.80. The number of benzene rings is 1. The first kappa shape index (κ1) is 11.5. The highest BCUT2D eigenvalue weighted by atomic mass is 19.1. The Morgan fingerprint density at radius 1 is 1.53 bits per heavy atom. The van der Waals surface area contributed by atoms with E-state index >= 15 is 0 Å².